The zero-order valence-electron chi connectivity index (χ0n) is 42.9. The van der Waals surface area contributed by atoms with Crippen molar-refractivity contribution in [3.8, 4) is 0 Å². The number of alkyl halides is 3. The molecule has 1 aromatic carbocycles. The molecule has 74 heavy (non-hydrogen) atoms. The second-order valence-electron chi connectivity index (χ2n) is 21.1. The number of hydrogen-bond acceptors (Lipinski definition) is 12. The maximum Gasteiger partial charge on any atom is 0.337 e. The van der Waals surface area contributed by atoms with Gasteiger partial charge in [0.1, 0.15) is 33.6 Å². The number of H-pyrrole nitrogens is 3. The van der Waals surface area contributed by atoms with Crippen LogP contribution in [0.1, 0.15) is 183 Å². The van der Waals surface area contributed by atoms with E-state index in [-0.39, 0.29) is 56.2 Å². The molecule has 10 rings (SSSR count). The van der Waals surface area contributed by atoms with Crippen molar-refractivity contribution in [1.82, 2.24) is 29.9 Å². The van der Waals surface area contributed by atoms with Crippen LogP contribution in [0.15, 0.2) is 90.5 Å². The van der Waals surface area contributed by atoms with E-state index in [2.05, 4.69) is 74.9 Å². The number of aryl methyl sites for hydroxylation is 3. The molecule has 3 atom stereocenters. The predicted octanol–water partition coefficient (Wildman–Crippen LogP) is 11.0. The number of rotatable bonds is 18. The first kappa shape index (κ1) is 53.6. The molecule has 6 aromatic heterocycles. The van der Waals surface area contributed by atoms with Gasteiger partial charge in [-0.2, -0.15) is 15.0 Å². The lowest BCUT2D eigenvalue weighted by atomic mass is 9.86. The van der Waals surface area contributed by atoms with Gasteiger partial charge in [0.05, 0.1) is 0 Å². The second kappa shape index (κ2) is 22.0. The number of benzene rings is 1. The fourth-order valence-electron chi connectivity index (χ4n) is 10.4. The number of nitrogens with zero attached hydrogens (tertiary/aromatic N) is 3. The summed E-state index contributed by atoms with van der Waals surface area (Å²) < 4.78 is 55.3. The first-order valence-electron chi connectivity index (χ1n) is 25.9. The zero-order valence-corrected chi connectivity index (χ0v) is 42.9. The van der Waals surface area contributed by atoms with E-state index in [9.17, 15) is 41.9 Å². The van der Waals surface area contributed by atoms with Gasteiger partial charge in [-0.15, -0.1) is 0 Å². The number of halogens is 3. The summed E-state index contributed by atoms with van der Waals surface area (Å²) in [6, 6.07) is 14.5. The van der Waals surface area contributed by atoms with Crippen LogP contribution in [0.5, 0.6) is 0 Å². The second-order valence-corrected chi connectivity index (χ2v) is 21.1. The van der Waals surface area contributed by atoms with Gasteiger partial charge < -0.3 is 28.2 Å². The normalized spacial score (nSPS) is 17.0. The van der Waals surface area contributed by atoms with E-state index in [1.165, 1.54) is 76.6 Å². The van der Waals surface area contributed by atoms with Crippen molar-refractivity contribution in [2.45, 2.75) is 168 Å². The monoisotopic (exact) mass is 1020 g/mol. The first-order chi connectivity index (χ1) is 35.2. The largest absolute Gasteiger partial charge is 0.403 e. The Morgan fingerprint density at radius 3 is 1.23 bits per heavy atom. The van der Waals surface area contributed by atoms with Crippen molar-refractivity contribution in [2.75, 3.05) is 0 Å². The molecule has 3 aliphatic rings. The van der Waals surface area contributed by atoms with Crippen molar-refractivity contribution in [1.29, 1.82) is 0 Å². The summed E-state index contributed by atoms with van der Waals surface area (Å²) in [6.45, 7) is 10.5. The molecule has 0 aliphatic heterocycles. The van der Waals surface area contributed by atoms with Crippen molar-refractivity contribution < 1.29 is 26.4 Å². The van der Waals surface area contributed by atoms with Crippen molar-refractivity contribution >= 4 is 33.3 Å². The van der Waals surface area contributed by atoms with Gasteiger partial charge in [0.25, 0.3) is 16.7 Å². The molecule has 0 radical (unpaired) electrons. The standard InChI is InChI=1S/C21H21FN2O3.C18H23FN2O3.C17H21FN2O3/c1-13(22)18-23-19(26)17-14(12-16(25)27-20(17)24-18)6-5-9-21(10-11-21)15-7-3-2-4-8-15;1-10(2)18(7-8-18)6-4-5-12-9-13(22)24-17-14(12)16(23)20-15(21-17)11(3)19;1-3-17(7-8-17)6-4-5-11-9-12(21)23-16-13(11)15(22)19-14(20-16)10(2)18/h2-4,7-8,12-13H,5-6,9-11H2,1H3,(H,23,24,26);9-11H,4-8H2,1-3H3,(H,20,21,23);9-10H,3-8H2,1-2H3,(H,19,20,22). The Morgan fingerprint density at radius 1 is 0.527 bits per heavy atom. The lowest BCUT2D eigenvalue weighted by molar-refractivity contribution is 0.325. The summed E-state index contributed by atoms with van der Waals surface area (Å²) in [6.07, 6.45) is 11.8. The van der Waals surface area contributed by atoms with Gasteiger partial charge >= 0.3 is 16.9 Å². The molecule has 3 aliphatic carbocycles. The summed E-state index contributed by atoms with van der Waals surface area (Å²) >= 11 is 0. The maximum absolute atomic E-state index is 13.5. The summed E-state index contributed by atoms with van der Waals surface area (Å²) in [7, 11) is 0. The Balaban J connectivity index is 0.000000148. The average molecular weight is 1020 g/mol. The van der Waals surface area contributed by atoms with Crippen LogP contribution in [0, 0.1) is 16.7 Å². The Hall–Kier alpha value is -6.72. The minimum atomic E-state index is -1.45. The molecule has 3 saturated carbocycles. The van der Waals surface area contributed by atoms with Gasteiger partial charge in [0.15, 0.2) is 18.5 Å². The third-order valence-electron chi connectivity index (χ3n) is 15.7. The Kier molecular flexibility index (Phi) is 15.9. The molecule has 3 N–H and O–H groups in total. The SMILES string of the molecule is CC(F)c1nc2oc(=O)cc(CCCC3(C(C)C)CC3)c2c(=O)[nH]1.CC(F)c1nc2oc(=O)cc(CCCC3(c4ccccc4)CC3)c2c(=O)[nH]1.CCC1(CCCc2cc(=O)oc3nc(C(C)F)[nH]c(=O)c23)CC1. The van der Waals surface area contributed by atoms with E-state index in [0.29, 0.717) is 52.7 Å². The predicted molar refractivity (Wildman–Crippen MR) is 276 cm³/mol. The van der Waals surface area contributed by atoms with Crippen LogP contribution in [0.25, 0.3) is 33.3 Å². The highest BCUT2D eigenvalue weighted by Crippen LogP contribution is 2.56. The molecule has 3 fully saturated rings. The lowest BCUT2D eigenvalue weighted by Crippen LogP contribution is -2.17. The Bertz CT molecular complexity index is 3510. The molecule has 394 valence electrons. The van der Waals surface area contributed by atoms with Crippen LogP contribution in [-0.2, 0) is 24.7 Å². The topological polar surface area (TPSA) is 228 Å². The van der Waals surface area contributed by atoms with E-state index in [4.69, 9.17) is 13.3 Å². The van der Waals surface area contributed by atoms with E-state index in [1.807, 2.05) is 6.07 Å². The summed E-state index contributed by atoms with van der Waals surface area (Å²) in [5.41, 5.74) is 1.03. The van der Waals surface area contributed by atoms with Gasteiger partial charge in [-0.1, -0.05) is 57.5 Å². The highest BCUT2D eigenvalue weighted by atomic mass is 19.1. The van der Waals surface area contributed by atoms with Crippen LogP contribution in [0.3, 0.4) is 0 Å². The molecule has 0 amide bonds. The average Bonchev–Trinajstić information content (AvgIpc) is 4.25. The Labute approximate surface area is 423 Å². The van der Waals surface area contributed by atoms with Crippen LogP contribution in [-0.4, -0.2) is 29.9 Å². The van der Waals surface area contributed by atoms with Gasteiger partial charge in [0.2, 0.25) is 17.1 Å². The molecule has 7 aromatic rings. The summed E-state index contributed by atoms with van der Waals surface area (Å²) in [5.74, 6) is 0.276. The van der Waals surface area contributed by atoms with Crippen LogP contribution in [0.2, 0.25) is 0 Å². The molecular weight excluding hydrogens is 958 g/mol. The third kappa shape index (κ3) is 12.3. The maximum atomic E-state index is 13.5. The van der Waals surface area contributed by atoms with Crippen LogP contribution >= 0.6 is 0 Å². The van der Waals surface area contributed by atoms with E-state index < -0.39 is 52.1 Å². The number of fused-ring (bicyclic) bond motifs is 3. The fraction of sp³-hybridized carbons (Fsp3) is 0.518. The van der Waals surface area contributed by atoms with E-state index in [0.717, 1.165) is 51.4 Å². The molecule has 0 bridgehead atoms. The fourth-order valence-corrected chi connectivity index (χ4v) is 10.4. The van der Waals surface area contributed by atoms with Gasteiger partial charge in [-0.05, 0) is 162 Å². The van der Waals surface area contributed by atoms with Gasteiger partial charge in [-0.25, -0.2) is 27.6 Å². The number of nitrogens with one attached hydrogen (secondary N) is 3. The van der Waals surface area contributed by atoms with Crippen molar-refractivity contribution in [3.63, 3.8) is 0 Å². The Morgan fingerprint density at radius 2 is 0.905 bits per heavy atom. The molecule has 0 spiro atoms. The van der Waals surface area contributed by atoms with Crippen LogP contribution < -0.4 is 33.6 Å². The van der Waals surface area contributed by atoms with Gasteiger partial charge in [-0.3, -0.25) is 14.4 Å². The molecule has 15 nitrogen and oxygen atoms in total. The quantitative estimate of drug-likeness (QED) is 0.0729. The lowest BCUT2D eigenvalue weighted by Gasteiger charge is -2.19. The molecule has 18 heteroatoms. The molecule has 6 heterocycles. The summed E-state index contributed by atoms with van der Waals surface area (Å²) in [5, 5.41) is 0.757. The minimum Gasteiger partial charge on any atom is -0.403 e. The third-order valence-corrected chi connectivity index (χ3v) is 15.7. The molecular formula is C56H65F3N6O9. The first-order valence-corrected chi connectivity index (χ1v) is 25.9. The van der Waals surface area contributed by atoms with Crippen LogP contribution in [0.4, 0.5) is 13.2 Å². The van der Waals surface area contributed by atoms with Crippen molar-refractivity contribution in [2.24, 2.45) is 16.7 Å². The molecule has 0 saturated heterocycles. The molecule has 3 unspecified atom stereocenters. The summed E-state index contributed by atoms with van der Waals surface area (Å²) in [4.78, 5) is 91.5. The van der Waals surface area contributed by atoms with Crippen molar-refractivity contribution in [3.05, 3.63) is 151 Å². The zero-order chi connectivity index (χ0) is 53.1. The number of aromatic nitrogens is 6. The number of hydrogen-bond donors (Lipinski definition) is 3. The van der Waals surface area contributed by atoms with Gasteiger partial charge in [0, 0.05) is 18.2 Å². The highest BCUT2D eigenvalue weighted by molar-refractivity contribution is 5.77. The smallest absolute Gasteiger partial charge is 0.337 e. The minimum absolute atomic E-state index is 0.0765. The number of aromatic amines is 3. The van der Waals surface area contributed by atoms with E-state index >= 15 is 0 Å². The highest BCUT2D eigenvalue weighted by Gasteiger charge is 2.45. The van der Waals surface area contributed by atoms with E-state index in [1.54, 1.807) is 0 Å².